The van der Waals surface area contributed by atoms with Gasteiger partial charge in [-0.1, -0.05) is 12.1 Å². The summed E-state index contributed by atoms with van der Waals surface area (Å²) < 4.78 is 38.0. The quantitative estimate of drug-likeness (QED) is 0.667. The maximum Gasteiger partial charge on any atom is 0.338 e. The van der Waals surface area contributed by atoms with Gasteiger partial charge in [-0.15, -0.1) is 0 Å². The summed E-state index contributed by atoms with van der Waals surface area (Å²) in [5.74, 6) is -0.537. The number of anilines is 1. The van der Waals surface area contributed by atoms with E-state index in [0.29, 0.717) is 22.7 Å². The molecule has 2 aromatic rings. The number of amides is 1. The normalized spacial score (nSPS) is 10.8. The molecule has 0 radical (unpaired) electrons. The summed E-state index contributed by atoms with van der Waals surface area (Å²) in [6.45, 7) is -0.518. The van der Waals surface area contributed by atoms with E-state index >= 15 is 0 Å². The average molecular weight is 407 g/mol. The van der Waals surface area contributed by atoms with E-state index in [1.165, 1.54) is 26.4 Å². The molecular formula is C19H21NO7S. The van der Waals surface area contributed by atoms with E-state index in [1.54, 1.807) is 30.3 Å². The van der Waals surface area contributed by atoms with Crippen LogP contribution in [-0.2, 0) is 25.1 Å². The van der Waals surface area contributed by atoms with E-state index in [9.17, 15) is 18.0 Å². The molecule has 150 valence electrons. The highest BCUT2D eigenvalue weighted by Crippen LogP contribution is 2.28. The van der Waals surface area contributed by atoms with Gasteiger partial charge in [-0.2, -0.15) is 0 Å². The number of hydrogen-bond acceptors (Lipinski definition) is 7. The highest BCUT2D eigenvalue weighted by Gasteiger charge is 2.14. The zero-order chi connectivity index (χ0) is 20.7. The Hall–Kier alpha value is -3.07. The van der Waals surface area contributed by atoms with Gasteiger partial charge in [-0.05, 0) is 29.8 Å². The Morgan fingerprint density at radius 3 is 2.43 bits per heavy atom. The highest BCUT2D eigenvalue weighted by atomic mass is 32.2. The van der Waals surface area contributed by atoms with Gasteiger partial charge >= 0.3 is 5.97 Å². The molecule has 1 amide bonds. The van der Waals surface area contributed by atoms with E-state index in [1.807, 2.05) is 0 Å². The smallest absolute Gasteiger partial charge is 0.338 e. The Morgan fingerprint density at radius 1 is 1.04 bits per heavy atom. The lowest BCUT2D eigenvalue weighted by Crippen LogP contribution is -2.21. The maximum atomic E-state index is 12.1. The monoisotopic (exact) mass is 407 g/mol. The van der Waals surface area contributed by atoms with E-state index in [4.69, 9.17) is 14.2 Å². The van der Waals surface area contributed by atoms with Crippen molar-refractivity contribution in [1.29, 1.82) is 0 Å². The zero-order valence-electron chi connectivity index (χ0n) is 15.7. The summed E-state index contributed by atoms with van der Waals surface area (Å²) in [7, 11) is -0.278. The second kappa shape index (κ2) is 9.23. The minimum absolute atomic E-state index is 0.160. The van der Waals surface area contributed by atoms with Crippen molar-refractivity contribution in [2.75, 3.05) is 32.4 Å². The number of carbonyl (C=O) groups is 2. The molecule has 2 aromatic carbocycles. The van der Waals surface area contributed by atoms with Crippen molar-refractivity contribution in [1.82, 2.24) is 0 Å². The molecule has 9 heteroatoms. The summed E-state index contributed by atoms with van der Waals surface area (Å²) in [6, 6.07) is 10.9. The molecule has 0 unspecified atom stereocenters. The Bertz CT molecular complexity index is 970. The van der Waals surface area contributed by atoms with Crippen LogP contribution < -0.4 is 14.8 Å². The van der Waals surface area contributed by atoms with Crippen molar-refractivity contribution in [3.63, 3.8) is 0 Å². The summed E-state index contributed by atoms with van der Waals surface area (Å²) >= 11 is 0. The highest BCUT2D eigenvalue weighted by molar-refractivity contribution is 7.89. The number of rotatable bonds is 8. The largest absolute Gasteiger partial charge is 0.497 e. The lowest BCUT2D eigenvalue weighted by atomic mass is 10.1. The molecule has 0 saturated carbocycles. The number of nitrogens with one attached hydrogen (secondary N) is 1. The van der Waals surface area contributed by atoms with Crippen LogP contribution in [-0.4, -0.2) is 47.4 Å². The summed E-state index contributed by atoms with van der Waals surface area (Å²) in [6.07, 6.45) is 1.11. The summed E-state index contributed by atoms with van der Waals surface area (Å²) in [4.78, 5) is 24.3. The molecule has 0 aliphatic carbocycles. The van der Waals surface area contributed by atoms with Gasteiger partial charge in [0.15, 0.2) is 16.4 Å². The predicted molar refractivity (Wildman–Crippen MR) is 103 cm³/mol. The maximum absolute atomic E-state index is 12.1. The number of ether oxygens (including phenoxy) is 3. The number of hydrogen-bond donors (Lipinski definition) is 1. The first-order valence-corrected chi connectivity index (χ1v) is 10.2. The molecule has 0 aromatic heterocycles. The van der Waals surface area contributed by atoms with Gasteiger partial charge in [0.25, 0.3) is 5.91 Å². The second-order valence-electron chi connectivity index (χ2n) is 5.96. The molecule has 0 fully saturated rings. The first-order chi connectivity index (χ1) is 13.2. The summed E-state index contributed by atoms with van der Waals surface area (Å²) in [5.41, 5.74) is 0.994. The predicted octanol–water partition coefficient (Wildman–Crippen LogP) is 2.04. The van der Waals surface area contributed by atoms with Crippen molar-refractivity contribution < 1.29 is 32.2 Å². The first kappa shape index (κ1) is 21.2. The molecule has 0 bridgehead atoms. The third-order valence-corrected chi connectivity index (χ3v) is 4.46. The number of esters is 1. The van der Waals surface area contributed by atoms with E-state index in [0.717, 1.165) is 6.26 Å². The van der Waals surface area contributed by atoms with Gasteiger partial charge in [-0.3, -0.25) is 4.79 Å². The number of methoxy groups -OCH3 is 2. The van der Waals surface area contributed by atoms with E-state index < -0.39 is 28.3 Å². The average Bonchev–Trinajstić information content (AvgIpc) is 2.64. The van der Waals surface area contributed by atoms with Gasteiger partial charge < -0.3 is 19.5 Å². The Labute approximate surface area is 163 Å². The molecule has 28 heavy (non-hydrogen) atoms. The number of sulfone groups is 1. The molecular weight excluding hydrogens is 386 g/mol. The fourth-order valence-electron chi connectivity index (χ4n) is 2.40. The van der Waals surface area contributed by atoms with E-state index in [-0.39, 0.29) is 11.3 Å². The third-order valence-electron chi connectivity index (χ3n) is 3.61. The minimum atomic E-state index is -3.23. The summed E-state index contributed by atoms with van der Waals surface area (Å²) in [5, 5.41) is 2.58. The molecule has 0 aliphatic rings. The van der Waals surface area contributed by atoms with Crippen molar-refractivity contribution in [3.8, 4) is 11.5 Å². The van der Waals surface area contributed by atoms with Crippen LogP contribution in [0.3, 0.4) is 0 Å². The molecule has 0 aliphatic heterocycles. The molecule has 2 rings (SSSR count). The SMILES string of the molecule is COc1ccc(OC)c(NC(=O)COC(=O)c2cccc(CS(C)(=O)=O)c2)c1. The standard InChI is InChI=1S/C19H21NO7S/c1-25-15-7-8-17(26-2)16(10-15)20-18(21)11-27-19(22)14-6-4-5-13(9-14)12-28(3,23)24/h4-10H,11-12H2,1-3H3,(H,20,21). The fraction of sp³-hybridized carbons (Fsp3) is 0.263. The molecule has 8 nitrogen and oxygen atoms in total. The first-order valence-electron chi connectivity index (χ1n) is 8.17. The molecule has 0 spiro atoms. The van der Waals surface area contributed by atoms with Crippen LogP contribution in [0.15, 0.2) is 42.5 Å². The lowest BCUT2D eigenvalue weighted by Gasteiger charge is -2.12. The Balaban J connectivity index is 2.00. The molecule has 0 atom stereocenters. The molecule has 0 heterocycles. The molecule has 0 saturated heterocycles. The third kappa shape index (κ3) is 6.27. The second-order valence-corrected chi connectivity index (χ2v) is 8.10. The van der Waals surface area contributed by atoms with Crippen LogP contribution in [0.4, 0.5) is 5.69 Å². The number of carbonyl (C=O) groups excluding carboxylic acids is 2. The van der Waals surface area contributed by atoms with Crippen LogP contribution >= 0.6 is 0 Å². The van der Waals surface area contributed by atoms with Gasteiger partial charge in [0.2, 0.25) is 0 Å². The lowest BCUT2D eigenvalue weighted by molar-refractivity contribution is -0.119. The van der Waals surface area contributed by atoms with Crippen LogP contribution in [0.5, 0.6) is 11.5 Å². The minimum Gasteiger partial charge on any atom is -0.497 e. The van der Waals surface area contributed by atoms with Crippen LogP contribution in [0.1, 0.15) is 15.9 Å². The van der Waals surface area contributed by atoms with Crippen molar-refractivity contribution in [2.24, 2.45) is 0 Å². The van der Waals surface area contributed by atoms with Gasteiger partial charge in [0, 0.05) is 12.3 Å². The van der Waals surface area contributed by atoms with Crippen molar-refractivity contribution >= 4 is 27.4 Å². The number of benzene rings is 2. The topological polar surface area (TPSA) is 108 Å². The van der Waals surface area contributed by atoms with Crippen molar-refractivity contribution in [2.45, 2.75) is 5.75 Å². The Morgan fingerprint density at radius 2 is 1.79 bits per heavy atom. The zero-order valence-corrected chi connectivity index (χ0v) is 16.5. The van der Waals surface area contributed by atoms with Gasteiger partial charge in [0.05, 0.1) is 31.2 Å². The van der Waals surface area contributed by atoms with Gasteiger partial charge in [-0.25, -0.2) is 13.2 Å². The fourth-order valence-corrected chi connectivity index (χ4v) is 3.19. The van der Waals surface area contributed by atoms with E-state index in [2.05, 4.69) is 5.32 Å². The van der Waals surface area contributed by atoms with Crippen LogP contribution in [0.25, 0.3) is 0 Å². The molecule has 1 N–H and O–H groups in total. The van der Waals surface area contributed by atoms with Crippen LogP contribution in [0, 0.1) is 0 Å². The Kier molecular flexibility index (Phi) is 7.00. The van der Waals surface area contributed by atoms with Crippen LogP contribution in [0.2, 0.25) is 0 Å². The van der Waals surface area contributed by atoms with Crippen molar-refractivity contribution in [3.05, 3.63) is 53.6 Å². The van der Waals surface area contributed by atoms with Gasteiger partial charge in [0.1, 0.15) is 11.5 Å².